The van der Waals surface area contributed by atoms with E-state index in [1.807, 2.05) is 48.5 Å². The van der Waals surface area contributed by atoms with E-state index >= 15 is 0 Å². The lowest BCUT2D eigenvalue weighted by molar-refractivity contribution is 0.102. The van der Waals surface area contributed by atoms with Crippen molar-refractivity contribution < 1.29 is 13.2 Å². The Morgan fingerprint density at radius 2 is 1.58 bits per heavy atom. The fraction of sp³-hybridized carbons (Fsp3) is 0.0833. The van der Waals surface area contributed by atoms with Crippen LogP contribution in [0, 0.1) is 0 Å². The summed E-state index contributed by atoms with van der Waals surface area (Å²) < 4.78 is 25.5. The van der Waals surface area contributed by atoms with Crippen LogP contribution >= 0.6 is 11.3 Å². The number of hydrogen-bond acceptors (Lipinski definition) is 5. The van der Waals surface area contributed by atoms with Crippen molar-refractivity contribution in [3.05, 3.63) is 107 Å². The maximum absolute atomic E-state index is 12.8. The molecule has 5 nitrogen and oxygen atoms in total. The van der Waals surface area contributed by atoms with Crippen molar-refractivity contribution in [2.24, 2.45) is 0 Å². The summed E-state index contributed by atoms with van der Waals surface area (Å²) in [6.07, 6.45) is 0. The van der Waals surface area contributed by atoms with Crippen molar-refractivity contribution in [1.29, 1.82) is 0 Å². The van der Waals surface area contributed by atoms with Gasteiger partial charge in [-0.05, 0) is 29.8 Å². The lowest BCUT2D eigenvalue weighted by Gasteiger charge is -2.07. The van der Waals surface area contributed by atoms with E-state index in [1.165, 1.54) is 11.3 Å². The number of hydrogen-bond donors (Lipinski definition) is 1. The van der Waals surface area contributed by atoms with Crippen LogP contribution in [0.5, 0.6) is 0 Å². The summed E-state index contributed by atoms with van der Waals surface area (Å²) in [6, 6.07) is 25.5. The summed E-state index contributed by atoms with van der Waals surface area (Å²) in [4.78, 5) is 17.0. The summed E-state index contributed by atoms with van der Waals surface area (Å²) in [5.41, 5.74) is 3.16. The molecule has 156 valence electrons. The highest BCUT2D eigenvalue weighted by molar-refractivity contribution is 7.89. The molecule has 0 aliphatic carbocycles. The van der Waals surface area contributed by atoms with Gasteiger partial charge in [0, 0.05) is 22.2 Å². The molecular formula is C24H20N2O3S2. The molecule has 3 aromatic carbocycles. The van der Waals surface area contributed by atoms with Gasteiger partial charge in [0.2, 0.25) is 0 Å². The van der Waals surface area contributed by atoms with Gasteiger partial charge >= 0.3 is 0 Å². The Balaban J connectivity index is 1.44. The van der Waals surface area contributed by atoms with Gasteiger partial charge < -0.3 is 5.32 Å². The van der Waals surface area contributed by atoms with Gasteiger partial charge in [-0.1, -0.05) is 60.7 Å². The van der Waals surface area contributed by atoms with E-state index in [4.69, 9.17) is 0 Å². The highest BCUT2D eigenvalue weighted by atomic mass is 32.2. The van der Waals surface area contributed by atoms with Crippen molar-refractivity contribution in [3.63, 3.8) is 0 Å². The van der Waals surface area contributed by atoms with E-state index in [0.29, 0.717) is 22.5 Å². The number of nitrogens with one attached hydrogen (secondary N) is 1. The van der Waals surface area contributed by atoms with Crippen molar-refractivity contribution >= 4 is 32.8 Å². The van der Waals surface area contributed by atoms with Gasteiger partial charge in [-0.3, -0.25) is 4.79 Å². The molecule has 1 amide bonds. The number of aromatic nitrogens is 1. The molecule has 4 aromatic rings. The largest absolute Gasteiger partial charge is 0.322 e. The second-order valence-corrected chi connectivity index (χ2v) is 9.99. The molecule has 1 heterocycles. The number of rotatable bonds is 7. The number of carbonyl (C=O) groups is 1. The third-order valence-corrected chi connectivity index (χ3v) is 7.00. The van der Waals surface area contributed by atoms with Crippen LogP contribution in [0.1, 0.15) is 21.6 Å². The molecule has 0 unspecified atom stereocenters. The Morgan fingerprint density at radius 1 is 0.871 bits per heavy atom. The third kappa shape index (κ3) is 5.65. The average Bonchev–Trinajstić information content (AvgIpc) is 3.22. The first-order chi connectivity index (χ1) is 15.0. The minimum atomic E-state index is -3.45. The molecule has 0 fully saturated rings. The Kier molecular flexibility index (Phi) is 6.25. The molecule has 31 heavy (non-hydrogen) atoms. The van der Waals surface area contributed by atoms with E-state index < -0.39 is 9.84 Å². The molecule has 0 aliphatic heterocycles. The quantitative estimate of drug-likeness (QED) is 0.423. The van der Waals surface area contributed by atoms with Crippen molar-refractivity contribution in [3.8, 4) is 10.6 Å². The van der Waals surface area contributed by atoms with E-state index in [2.05, 4.69) is 10.3 Å². The van der Waals surface area contributed by atoms with Gasteiger partial charge in [0.1, 0.15) is 5.01 Å². The number of para-hydroxylation sites is 1. The maximum Gasteiger partial charge on any atom is 0.255 e. The molecule has 1 N–H and O–H groups in total. The van der Waals surface area contributed by atoms with Crippen LogP contribution in [0.15, 0.2) is 90.3 Å². The van der Waals surface area contributed by atoms with Crippen LogP contribution < -0.4 is 5.32 Å². The summed E-state index contributed by atoms with van der Waals surface area (Å²) in [5, 5.41) is 5.39. The SMILES string of the molecule is O=C(Nc1ccccc1)c1cccc(CS(=O)(=O)Cc2csc(-c3ccccc3)n2)c1. The van der Waals surface area contributed by atoms with E-state index in [1.54, 1.807) is 41.8 Å². The number of carbonyl (C=O) groups excluding carboxylic acids is 1. The van der Waals surface area contributed by atoms with Crippen LogP contribution in [-0.4, -0.2) is 19.3 Å². The minimum Gasteiger partial charge on any atom is -0.322 e. The first kappa shape index (κ1) is 21.0. The molecule has 1 aromatic heterocycles. The summed E-state index contributed by atoms with van der Waals surface area (Å²) in [7, 11) is -3.45. The number of benzene rings is 3. The van der Waals surface area contributed by atoms with Gasteiger partial charge in [0.15, 0.2) is 9.84 Å². The molecule has 7 heteroatoms. The van der Waals surface area contributed by atoms with Crippen LogP contribution in [0.25, 0.3) is 10.6 Å². The maximum atomic E-state index is 12.8. The van der Waals surface area contributed by atoms with Gasteiger partial charge in [-0.25, -0.2) is 13.4 Å². The highest BCUT2D eigenvalue weighted by Gasteiger charge is 2.17. The Morgan fingerprint density at radius 3 is 2.32 bits per heavy atom. The summed E-state index contributed by atoms with van der Waals surface area (Å²) in [6.45, 7) is 0. The number of amides is 1. The average molecular weight is 449 g/mol. The van der Waals surface area contributed by atoms with E-state index in [9.17, 15) is 13.2 Å². The van der Waals surface area contributed by atoms with Crippen molar-refractivity contribution in [2.45, 2.75) is 11.5 Å². The molecule has 0 spiro atoms. The van der Waals surface area contributed by atoms with E-state index in [-0.39, 0.29) is 17.4 Å². The molecule has 0 radical (unpaired) electrons. The normalized spacial score (nSPS) is 11.2. The number of sulfone groups is 1. The molecule has 0 aliphatic rings. The highest BCUT2D eigenvalue weighted by Crippen LogP contribution is 2.25. The predicted molar refractivity (Wildman–Crippen MR) is 125 cm³/mol. The number of nitrogens with zero attached hydrogens (tertiary/aromatic N) is 1. The second kappa shape index (κ2) is 9.24. The molecule has 0 bridgehead atoms. The fourth-order valence-corrected chi connectivity index (χ4v) is 5.46. The lowest BCUT2D eigenvalue weighted by Crippen LogP contribution is -2.13. The molecular weight excluding hydrogens is 428 g/mol. The standard InChI is InChI=1S/C24H20N2O3S2/c27-23(25-21-12-5-2-6-13-21)20-11-7-8-18(14-20)16-31(28,29)17-22-15-30-24(26-22)19-9-3-1-4-10-19/h1-15H,16-17H2,(H,25,27). The van der Waals surface area contributed by atoms with Gasteiger partial charge in [0.25, 0.3) is 5.91 Å². The van der Waals surface area contributed by atoms with Gasteiger partial charge in [-0.2, -0.15) is 0 Å². The Bertz CT molecular complexity index is 1280. The van der Waals surface area contributed by atoms with Crippen LogP contribution in [0.2, 0.25) is 0 Å². The molecule has 0 saturated carbocycles. The Hall–Kier alpha value is -3.29. The Labute approximate surface area is 185 Å². The van der Waals surface area contributed by atoms with Crippen LogP contribution in [0.3, 0.4) is 0 Å². The third-order valence-electron chi connectivity index (χ3n) is 4.55. The topological polar surface area (TPSA) is 76.1 Å². The van der Waals surface area contributed by atoms with Gasteiger partial charge in [-0.15, -0.1) is 11.3 Å². The van der Waals surface area contributed by atoms with Crippen molar-refractivity contribution in [1.82, 2.24) is 4.98 Å². The smallest absolute Gasteiger partial charge is 0.255 e. The molecule has 4 rings (SSSR count). The zero-order chi connectivity index (χ0) is 21.7. The lowest BCUT2D eigenvalue weighted by atomic mass is 10.1. The second-order valence-electron chi connectivity index (χ2n) is 7.06. The van der Waals surface area contributed by atoms with Crippen LogP contribution in [-0.2, 0) is 21.3 Å². The van der Waals surface area contributed by atoms with Crippen LogP contribution in [0.4, 0.5) is 5.69 Å². The summed E-state index contributed by atoms with van der Waals surface area (Å²) >= 11 is 1.43. The number of thiazole rings is 1. The first-order valence-electron chi connectivity index (χ1n) is 9.64. The monoisotopic (exact) mass is 448 g/mol. The first-order valence-corrected chi connectivity index (χ1v) is 12.3. The molecule has 0 saturated heterocycles. The number of anilines is 1. The predicted octanol–water partition coefficient (Wildman–Crippen LogP) is 5.18. The van der Waals surface area contributed by atoms with Gasteiger partial charge in [0.05, 0.1) is 17.2 Å². The zero-order valence-corrected chi connectivity index (χ0v) is 18.2. The summed E-state index contributed by atoms with van der Waals surface area (Å²) in [5.74, 6) is -0.577. The van der Waals surface area contributed by atoms with Crippen molar-refractivity contribution in [2.75, 3.05) is 5.32 Å². The van der Waals surface area contributed by atoms with E-state index in [0.717, 1.165) is 10.6 Å². The molecule has 0 atom stereocenters. The minimum absolute atomic E-state index is 0.142. The fourth-order valence-electron chi connectivity index (χ4n) is 3.14. The zero-order valence-electron chi connectivity index (χ0n) is 16.6.